The van der Waals surface area contributed by atoms with Crippen molar-refractivity contribution in [2.24, 2.45) is 5.73 Å². The van der Waals surface area contributed by atoms with Crippen LogP contribution in [0.2, 0.25) is 0 Å². The lowest BCUT2D eigenvalue weighted by Gasteiger charge is -2.32. The van der Waals surface area contributed by atoms with Crippen LogP contribution >= 0.6 is 0 Å². The number of likely N-dealkylation sites (tertiary alicyclic amines) is 1. The molecule has 1 aliphatic rings. The number of carbonyl (C=O) groups excluding carboxylic acids is 2. The van der Waals surface area contributed by atoms with Gasteiger partial charge >= 0.3 is 0 Å². The monoisotopic (exact) mass is 342 g/mol. The second kappa shape index (κ2) is 7.38. The summed E-state index contributed by atoms with van der Waals surface area (Å²) >= 11 is 0. The number of hydrogen-bond acceptors (Lipinski definition) is 4. The van der Waals surface area contributed by atoms with Gasteiger partial charge in [0.1, 0.15) is 5.75 Å². The van der Waals surface area contributed by atoms with E-state index >= 15 is 0 Å². The predicted molar refractivity (Wildman–Crippen MR) is 92.3 cm³/mol. The summed E-state index contributed by atoms with van der Waals surface area (Å²) in [5, 5.41) is 4.36. The minimum Gasteiger partial charge on any atom is -0.484 e. The number of aryl methyl sites for hydroxylation is 1. The molecule has 0 bridgehead atoms. The first-order chi connectivity index (χ1) is 12.0. The van der Waals surface area contributed by atoms with E-state index in [2.05, 4.69) is 5.10 Å². The molecule has 1 aromatic carbocycles. The molecule has 2 amide bonds. The minimum absolute atomic E-state index is 0.0270. The number of hydrogen-bond donors (Lipinski definition) is 1. The zero-order chi connectivity index (χ0) is 17.8. The molecule has 1 atom stereocenters. The molecule has 132 valence electrons. The summed E-state index contributed by atoms with van der Waals surface area (Å²) in [7, 11) is 0. The van der Waals surface area contributed by atoms with Gasteiger partial charge in [-0.15, -0.1) is 0 Å². The molecule has 0 aliphatic carbocycles. The Kier molecular flexibility index (Phi) is 5.02. The fraction of sp³-hybridized carbons (Fsp3) is 0.389. The summed E-state index contributed by atoms with van der Waals surface area (Å²) in [6.07, 6.45) is 5.80. The molecule has 25 heavy (non-hydrogen) atoms. The normalized spacial score (nSPS) is 17.3. The Morgan fingerprint density at radius 1 is 1.32 bits per heavy atom. The maximum Gasteiger partial charge on any atom is 0.260 e. The first-order valence-electron chi connectivity index (χ1n) is 8.34. The van der Waals surface area contributed by atoms with E-state index in [9.17, 15) is 9.59 Å². The summed E-state index contributed by atoms with van der Waals surface area (Å²) in [6, 6.07) is 6.65. The average Bonchev–Trinajstić information content (AvgIpc) is 3.06. The number of primary amides is 1. The molecule has 2 aromatic rings. The van der Waals surface area contributed by atoms with Crippen LogP contribution in [0, 0.1) is 6.92 Å². The molecule has 7 nitrogen and oxygen atoms in total. The molecule has 0 spiro atoms. The lowest BCUT2D eigenvalue weighted by molar-refractivity contribution is -0.135. The van der Waals surface area contributed by atoms with E-state index in [0.29, 0.717) is 17.9 Å². The van der Waals surface area contributed by atoms with Crippen molar-refractivity contribution in [3.05, 3.63) is 47.8 Å². The first kappa shape index (κ1) is 17.0. The molecule has 0 saturated carbocycles. The molecule has 0 unspecified atom stereocenters. The zero-order valence-electron chi connectivity index (χ0n) is 14.2. The summed E-state index contributed by atoms with van der Waals surface area (Å²) in [5.41, 5.74) is 6.72. The smallest absolute Gasteiger partial charge is 0.260 e. The number of nitrogens with zero attached hydrogens (tertiary/aromatic N) is 3. The lowest BCUT2D eigenvalue weighted by Crippen LogP contribution is -2.43. The summed E-state index contributed by atoms with van der Waals surface area (Å²) in [5.74, 6) is -0.00184. The Balaban J connectivity index is 1.54. The minimum atomic E-state index is -0.490. The molecular formula is C18H22N4O3. The van der Waals surface area contributed by atoms with Crippen LogP contribution in [0.5, 0.6) is 5.75 Å². The fourth-order valence-electron chi connectivity index (χ4n) is 2.98. The largest absolute Gasteiger partial charge is 0.484 e. The molecule has 1 fully saturated rings. The van der Waals surface area contributed by atoms with Crippen molar-refractivity contribution < 1.29 is 14.3 Å². The van der Waals surface area contributed by atoms with Crippen molar-refractivity contribution in [3.8, 4) is 5.75 Å². The predicted octanol–water partition coefficient (Wildman–Crippen LogP) is 1.53. The van der Waals surface area contributed by atoms with Crippen molar-refractivity contribution in [2.45, 2.75) is 25.8 Å². The highest BCUT2D eigenvalue weighted by Gasteiger charge is 2.25. The van der Waals surface area contributed by atoms with Gasteiger partial charge in [0.2, 0.25) is 5.91 Å². The van der Waals surface area contributed by atoms with E-state index < -0.39 is 5.91 Å². The summed E-state index contributed by atoms with van der Waals surface area (Å²) in [4.78, 5) is 25.3. The molecule has 1 aliphatic heterocycles. The third kappa shape index (κ3) is 4.17. The zero-order valence-corrected chi connectivity index (χ0v) is 14.2. The van der Waals surface area contributed by atoms with E-state index in [0.717, 1.165) is 24.9 Å². The van der Waals surface area contributed by atoms with Gasteiger partial charge in [0.05, 0.1) is 12.2 Å². The van der Waals surface area contributed by atoms with Gasteiger partial charge in [-0.05, 0) is 49.6 Å². The number of benzene rings is 1. The Bertz CT molecular complexity index is 754. The van der Waals surface area contributed by atoms with Crippen molar-refractivity contribution in [3.63, 3.8) is 0 Å². The van der Waals surface area contributed by atoms with Crippen LogP contribution in [-0.2, 0) is 4.79 Å². The fourth-order valence-corrected chi connectivity index (χ4v) is 2.98. The maximum absolute atomic E-state index is 12.4. The number of rotatable bonds is 5. The third-order valence-electron chi connectivity index (χ3n) is 4.36. The number of amides is 2. The quantitative estimate of drug-likeness (QED) is 0.892. The van der Waals surface area contributed by atoms with Crippen LogP contribution in [0.4, 0.5) is 0 Å². The topological polar surface area (TPSA) is 90.4 Å². The standard InChI is InChI=1S/C18H22N4O3/c1-13-9-20-22(10-13)15-3-2-8-21(11-15)17(23)12-25-16-6-4-14(5-7-16)18(19)24/h4-7,9-10,15H,2-3,8,11-12H2,1H3,(H2,19,24)/t15-/m1/s1. The SMILES string of the molecule is Cc1cnn([C@@H]2CCCN(C(=O)COc3ccc(C(N)=O)cc3)C2)c1. The van der Waals surface area contributed by atoms with Gasteiger partial charge in [0, 0.05) is 24.8 Å². The summed E-state index contributed by atoms with van der Waals surface area (Å²) < 4.78 is 7.48. The van der Waals surface area contributed by atoms with Crippen molar-refractivity contribution in [1.82, 2.24) is 14.7 Å². The second-order valence-electron chi connectivity index (χ2n) is 6.31. The third-order valence-corrected chi connectivity index (χ3v) is 4.36. The van der Waals surface area contributed by atoms with Crippen molar-refractivity contribution in [1.29, 1.82) is 0 Å². The van der Waals surface area contributed by atoms with Gasteiger partial charge in [-0.25, -0.2) is 0 Å². The Hall–Kier alpha value is -2.83. The Labute approximate surface area is 146 Å². The number of ether oxygens (including phenoxy) is 1. The molecule has 7 heteroatoms. The molecule has 1 saturated heterocycles. The molecule has 0 radical (unpaired) electrons. The van der Waals surface area contributed by atoms with Crippen LogP contribution in [0.1, 0.15) is 34.8 Å². The molecule has 2 heterocycles. The van der Waals surface area contributed by atoms with Crippen molar-refractivity contribution in [2.75, 3.05) is 19.7 Å². The van der Waals surface area contributed by atoms with Gasteiger partial charge < -0.3 is 15.4 Å². The molecular weight excluding hydrogens is 320 g/mol. The van der Waals surface area contributed by atoms with E-state index in [-0.39, 0.29) is 18.6 Å². The van der Waals surface area contributed by atoms with Gasteiger partial charge in [0.25, 0.3) is 5.91 Å². The molecule has 2 N–H and O–H groups in total. The Morgan fingerprint density at radius 3 is 2.72 bits per heavy atom. The van der Waals surface area contributed by atoms with Gasteiger partial charge in [-0.2, -0.15) is 5.10 Å². The van der Waals surface area contributed by atoms with E-state index in [1.807, 2.05) is 28.9 Å². The lowest BCUT2D eigenvalue weighted by atomic mass is 10.1. The average molecular weight is 342 g/mol. The van der Waals surface area contributed by atoms with Crippen LogP contribution < -0.4 is 10.5 Å². The second-order valence-corrected chi connectivity index (χ2v) is 6.31. The molecule has 3 rings (SSSR count). The van der Waals surface area contributed by atoms with Gasteiger partial charge in [-0.3, -0.25) is 14.3 Å². The van der Waals surface area contributed by atoms with Crippen LogP contribution in [0.3, 0.4) is 0 Å². The van der Waals surface area contributed by atoms with E-state index in [1.54, 1.807) is 24.3 Å². The number of piperidine rings is 1. The highest BCUT2D eigenvalue weighted by atomic mass is 16.5. The van der Waals surface area contributed by atoms with Crippen LogP contribution in [0.15, 0.2) is 36.7 Å². The highest BCUT2D eigenvalue weighted by Crippen LogP contribution is 2.21. The summed E-state index contributed by atoms with van der Waals surface area (Å²) in [6.45, 7) is 3.36. The van der Waals surface area contributed by atoms with Crippen LogP contribution in [0.25, 0.3) is 0 Å². The highest BCUT2D eigenvalue weighted by molar-refractivity contribution is 5.92. The molecule has 1 aromatic heterocycles. The van der Waals surface area contributed by atoms with Gasteiger partial charge in [-0.1, -0.05) is 0 Å². The van der Waals surface area contributed by atoms with E-state index in [4.69, 9.17) is 10.5 Å². The number of aromatic nitrogens is 2. The Morgan fingerprint density at radius 2 is 2.08 bits per heavy atom. The van der Waals surface area contributed by atoms with E-state index in [1.165, 1.54) is 0 Å². The van der Waals surface area contributed by atoms with Gasteiger partial charge in [0.15, 0.2) is 6.61 Å². The number of carbonyl (C=O) groups is 2. The maximum atomic E-state index is 12.4. The number of nitrogens with two attached hydrogens (primary N) is 1. The van der Waals surface area contributed by atoms with Crippen LogP contribution in [-0.4, -0.2) is 46.2 Å². The first-order valence-corrected chi connectivity index (χ1v) is 8.34. The van der Waals surface area contributed by atoms with Crippen molar-refractivity contribution >= 4 is 11.8 Å².